The Morgan fingerprint density at radius 2 is 2.26 bits per heavy atom. The summed E-state index contributed by atoms with van der Waals surface area (Å²) in [4.78, 5) is 11.7. The summed E-state index contributed by atoms with van der Waals surface area (Å²) in [7, 11) is 1.84. The number of nitrogens with one attached hydrogen (secondary N) is 2. The van der Waals surface area contributed by atoms with Gasteiger partial charge in [-0.3, -0.25) is 9.48 Å². The Hall–Kier alpha value is -2.37. The molecule has 100 valence electrons. The zero-order valence-electron chi connectivity index (χ0n) is 11.1. The summed E-state index contributed by atoms with van der Waals surface area (Å²) >= 11 is 0. The lowest BCUT2D eigenvalue weighted by atomic mass is 10.2. The number of aryl methyl sites for hydroxylation is 1. The van der Waals surface area contributed by atoms with Crippen molar-refractivity contribution in [3.05, 3.63) is 41.7 Å². The van der Waals surface area contributed by atoms with E-state index in [0.717, 1.165) is 11.4 Å². The molecule has 1 amide bonds. The van der Waals surface area contributed by atoms with E-state index in [-0.39, 0.29) is 5.91 Å². The van der Waals surface area contributed by atoms with E-state index >= 15 is 0 Å². The van der Waals surface area contributed by atoms with Gasteiger partial charge in [-0.05, 0) is 25.1 Å². The average molecular weight is 259 g/mol. The maximum Gasteiger partial charge on any atom is 0.251 e. The second-order valence-corrected chi connectivity index (χ2v) is 4.14. The summed E-state index contributed by atoms with van der Waals surface area (Å²) in [5.41, 5.74) is 2.52. The number of carbonyl (C=O) groups is 1. The summed E-state index contributed by atoms with van der Waals surface area (Å²) < 4.78 is 1.71. The van der Waals surface area contributed by atoms with Crippen molar-refractivity contribution in [1.82, 2.24) is 20.3 Å². The van der Waals surface area contributed by atoms with E-state index in [1.54, 1.807) is 16.9 Å². The molecule has 6 nitrogen and oxygen atoms in total. The van der Waals surface area contributed by atoms with Gasteiger partial charge in [-0.25, -0.2) is 0 Å². The second-order valence-electron chi connectivity index (χ2n) is 4.14. The molecule has 1 aromatic heterocycles. The van der Waals surface area contributed by atoms with Gasteiger partial charge < -0.3 is 10.6 Å². The number of aromatic nitrogens is 3. The molecule has 0 aliphatic rings. The molecule has 0 fully saturated rings. The Morgan fingerprint density at radius 3 is 2.95 bits per heavy atom. The first kappa shape index (κ1) is 13.1. The highest BCUT2D eigenvalue weighted by Crippen LogP contribution is 2.11. The molecular formula is C13H17N5O. The lowest BCUT2D eigenvalue weighted by Gasteiger charge is -2.08. The van der Waals surface area contributed by atoms with Crippen LogP contribution in [0.2, 0.25) is 0 Å². The van der Waals surface area contributed by atoms with Crippen LogP contribution in [0.5, 0.6) is 0 Å². The van der Waals surface area contributed by atoms with Crippen LogP contribution < -0.4 is 10.6 Å². The third-order valence-corrected chi connectivity index (χ3v) is 2.74. The van der Waals surface area contributed by atoms with Gasteiger partial charge in [0.05, 0.1) is 18.4 Å². The Balaban J connectivity index is 2.03. The third-order valence-electron chi connectivity index (χ3n) is 2.74. The number of hydrogen-bond acceptors (Lipinski definition) is 4. The summed E-state index contributed by atoms with van der Waals surface area (Å²) in [5.74, 6) is -0.0617. The summed E-state index contributed by atoms with van der Waals surface area (Å²) in [6, 6.07) is 7.40. The van der Waals surface area contributed by atoms with Crippen LogP contribution in [0.4, 0.5) is 5.69 Å². The van der Waals surface area contributed by atoms with Gasteiger partial charge in [-0.1, -0.05) is 11.3 Å². The first-order chi connectivity index (χ1) is 9.20. The average Bonchev–Trinajstić information content (AvgIpc) is 2.82. The molecule has 19 heavy (non-hydrogen) atoms. The number of hydrogen-bond donors (Lipinski definition) is 2. The van der Waals surface area contributed by atoms with Crippen molar-refractivity contribution in [2.24, 2.45) is 7.05 Å². The predicted molar refractivity (Wildman–Crippen MR) is 72.8 cm³/mol. The second kappa shape index (κ2) is 5.99. The van der Waals surface area contributed by atoms with E-state index in [9.17, 15) is 4.79 Å². The van der Waals surface area contributed by atoms with Gasteiger partial charge in [0.2, 0.25) is 0 Å². The number of nitrogens with zero attached hydrogens (tertiary/aromatic N) is 3. The predicted octanol–water partition coefficient (Wildman–Crippen LogP) is 1.18. The molecule has 2 rings (SSSR count). The standard InChI is InChI=1S/C13H17N5O/c1-3-14-13(19)10-5-4-6-11(7-10)15-8-12-9-16-17-18(12)2/h4-7,9,15H,3,8H2,1-2H3,(H,14,19). The van der Waals surface area contributed by atoms with Gasteiger partial charge in [-0.2, -0.15) is 0 Å². The van der Waals surface area contributed by atoms with Crippen LogP contribution in [-0.2, 0) is 13.6 Å². The van der Waals surface area contributed by atoms with Gasteiger partial charge in [-0.15, -0.1) is 5.10 Å². The van der Waals surface area contributed by atoms with Crippen LogP contribution in [0.15, 0.2) is 30.5 Å². The van der Waals surface area contributed by atoms with Gasteiger partial charge in [0.25, 0.3) is 5.91 Å². The molecule has 0 aliphatic heterocycles. The molecule has 2 N–H and O–H groups in total. The maximum atomic E-state index is 11.7. The molecule has 0 aliphatic carbocycles. The summed E-state index contributed by atoms with van der Waals surface area (Å²) in [6.07, 6.45) is 1.71. The van der Waals surface area contributed by atoms with E-state index in [0.29, 0.717) is 18.7 Å². The maximum absolute atomic E-state index is 11.7. The highest BCUT2D eigenvalue weighted by Gasteiger charge is 2.05. The fourth-order valence-electron chi connectivity index (χ4n) is 1.70. The van der Waals surface area contributed by atoms with Crippen molar-refractivity contribution >= 4 is 11.6 Å². The fraction of sp³-hybridized carbons (Fsp3) is 0.308. The lowest BCUT2D eigenvalue weighted by molar-refractivity contribution is 0.0956. The number of benzene rings is 1. The van der Waals surface area contributed by atoms with Gasteiger partial charge >= 0.3 is 0 Å². The normalized spacial score (nSPS) is 10.2. The van der Waals surface area contributed by atoms with Crippen LogP contribution >= 0.6 is 0 Å². The number of anilines is 1. The molecule has 0 saturated heterocycles. The monoisotopic (exact) mass is 259 g/mol. The third kappa shape index (κ3) is 3.31. The Bertz CT molecular complexity index is 564. The molecule has 0 atom stereocenters. The minimum atomic E-state index is -0.0617. The van der Waals surface area contributed by atoms with Crippen molar-refractivity contribution < 1.29 is 4.79 Å². The first-order valence-electron chi connectivity index (χ1n) is 6.16. The largest absolute Gasteiger partial charge is 0.379 e. The van der Waals surface area contributed by atoms with Crippen molar-refractivity contribution in [3.8, 4) is 0 Å². The minimum absolute atomic E-state index is 0.0617. The Morgan fingerprint density at radius 1 is 1.42 bits per heavy atom. The van der Waals surface area contributed by atoms with Gasteiger partial charge in [0.15, 0.2) is 0 Å². The fourth-order valence-corrected chi connectivity index (χ4v) is 1.70. The highest BCUT2D eigenvalue weighted by atomic mass is 16.1. The molecule has 0 saturated carbocycles. The van der Waals surface area contributed by atoms with E-state index in [1.807, 2.05) is 32.2 Å². The van der Waals surface area contributed by atoms with Gasteiger partial charge in [0.1, 0.15) is 0 Å². The zero-order chi connectivity index (χ0) is 13.7. The minimum Gasteiger partial charge on any atom is -0.379 e. The topological polar surface area (TPSA) is 71.8 Å². The first-order valence-corrected chi connectivity index (χ1v) is 6.16. The van der Waals surface area contributed by atoms with Gasteiger partial charge in [0, 0.05) is 24.8 Å². The van der Waals surface area contributed by atoms with Crippen LogP contribution in [0, 0.1) is 0 Å². The van der Waals surface area contributed by atoms with Crippen molar-refractivity contribution in [2.75, 3.05) is 11.9 Å². The zero-order valence-corrected chi connectivity index (χ0v) is 11.1. The summed E-state index contributed by atoms with van der Waals surface area (Å²) in [5, 5.41) is 13.7. The lowest BCUT2D eigenvalue weighted by Crippen LogP contribution is -2.22. The molecular weight excluding hydrogens is 242 g/mol. The van der Waals surface area contributed by atoms with Crippen LogP contribution in [0.1, 0.15) is 23.0 Å². The van der Waals surface area contributed by atoms with E-state index in [2.05, 4.69) is 20.9 Å². The molecule has 2 aromatic rings. The van der Waals surface area contributed by atoms with Crippen LogP contribution in [-0.4, -0.2) is 27.4 Å². The molecule has 0 radical (unpaired) electrons. The number of rotatable bonds is 5. The highest BCUT2D eigenvalue weighted by molar-refractivity contribution is 5.95. The molecule has 1 heterocycles. The van der Waals surface area contributed by atoms with E-state index < -0.39 is 0 Å². The smallest absolute Gasteiger partial charge is 0.251 e. The SMILES string of the molecule is CCNC(=O)c1cccc(NCc2cnnn2C)c1. The molecule has 0 unspecified atom stereocenters. The quantitative estimate of drug-likeness (QED) is 0.845. The van der Waals surface area contributed by atoms with Crippen LogP contribution in [0.25, 0.3) is 0 Å². The molecule has 0 bridgehead atoms. The molecule has 1 aromatic carbocycles. The Kier molecular flexibility index (Phi) is 4.12. The number of carbonyl (C=O) groups excluding carboxylic acids is 1. The van der Waals surface area contributed by atoms with Crippen molar-refractivity contribution in [2.45, 2.75) is 13.5 Å². The Labute approximate surface area is 111 Å². The van der Waals surface area contributed by atoms with E-state index in [1.165, 1.54) is 0 Å². The molecule has 0 spiro atoms. The number of amides is 1. The molecule has 6 heteroatoms. The summed E-state index contributed by atoms with van der Waals surface area (Å²) in [6.45, 7) is 3.13. The van der Waals surface area contributed by atoms with E-state index in [4.69, 9.17) is 0 Å². The van der Waals surface area contributed by atoms with Crippen molar-refractivity contribution in [1.29, 1.82) is 0 Å². The van der Waals surface area contributed by atoms with Crippen LogP contribution in [0.3, 0.4) is 0 Å². The van der Waals surface area contributed by atoms with Crippen molar-refractivity contribution in [3.63, 3.8) is 0 Å².